The van der Waals surface area contributed by atoms with Gasteiger partial charge in [-0.15, -0.1) is 0 Å². The Bertz CT molecular complexity index is 339. The molecule has 0 saturated heterocycles. The molecule has 4 heteroatoms. The van der Waals surface area contributed by atoms with Gasteiger partial charge in [0.1, 0.15) is 6.10 Å². The summed E-state index contributed by atoms with van der Waals surface area (Å²) in [5.41, 5.74) is 1.50. The van der Waals surface area contributed by atoms with Crippen LogP contribution in [0.15, 0.2) is 12.1 Å². The van der Waals surface area contributed by atoms with Crippen LogP contribution in [0.2, 0.25) is 5.02 Å². The minimum absolute atomic E-state index is 0.238. The van der Waals surface area contributed by atoms with Crippen molar-refractivity contribution in [2.24, 2.45) is 0 Å². The average Bonchev–Trinajstić information content (AvgIpc) is 2.10. The summed E-state index contributed by atoms with van der Waals surface area (Å²) >= 11 is 5.80. The van der Waals surface area contributed by atoms with Gasteiger partial charge in [-0.05, 0) is 36.6 Å². The lowest BCUT2D eigenvalue weighted by molar-refractivity contribution is -0.00615. The summed E-state index contributed by atoms with van der Waals surface area (Å²) in [7, 11) is 0. The molecule has 0 aromatic heterocycles. The van der Waals surface area contributed by atoms with E-state index in [9.17, 15) is 13.9 Å². The number of aliphatic hydroxyl groups excluding tert-OH is 1. The topological polar surface area (TPSA) is 20.2 Å². The number of aliphatic hydroxyl groups is 1. The first-order chi connectivity index (χ1) is 6.43. The van der Waals surface area contributed by atoms with Crippen LogP contribution >= 0.6 is 11.6 Å². The Morgan fingerprint density at radius 2 is 1.79 bits per heavy atom. The Labute approximate surface area is 86.3 Å². The van der Waals surface area contributed by atoms with Crippen LogP contribution < -0.4 is 0 Å². The van der Waals surface area contributed by atoms with Crippen LogP contribution in [-0.4, -0.2) is 11.5 Å². The minimum Gasteiger partial charge on any atom is -0.382 e. The lowest BCUT2D eigenvalue weighted by atomic mass is 10.0. The zero-order chi connectivity index (χ0) is 10.9. The van der Waals surface area contributed by atoms with Crippen LogP contribution in [0.25, 0.3) is 0 Å². The molecule has 0 fully saturated rings. The molecule has 0 aliphatic heterocycles. The van der Waals surface area contributed by atoms with Crippen LogP contribution in [-0.2, 0) is 0 Å². The third kappa shape index (κ3) is 2.22. The number of hydrogen-bond donors (Lipinski definition) is 1. The molecule has 1 aromatic rings. The van der Waals surface area contributed by atoms with Crippen LogP contribution in [0.4, 0.5) is 8.78 Å². The molecule has 1 aromatic carbocycles. The van der Waals surface area contributed by atoms with Gasteiger partial charge in [0.2, 0.25) is 0 Å². The van der Waals surface area contributed by atoms with Crippen molar-refractivity contribution in [3.05, 3.63) is 33.8 Å². The SMILES string of the molecule is Cc1cc(C(O)C(F)F)c(C)cc1Cl. The van der Waals surface area contributed by atoms with Gasteiger partial charge in [0, 0.05) is 5.02 Å². The molecule has 78 valence electrons. The number of rotatable bonds is 2. The standard InChI is InChI=1S/C10H11ClF2O/c1-5-4-8(11)6(2)3-7(5)9(14)10(12)13/h3-4,9-10,14H,1-2H3. The fourth-order valence-corrected chi connectivity index (χ4v) is 1.48. The maximum Gasteiger partial charge on any atom is 0.268 e. The molecule has 0 heterocycles. The van der Waals surface area contributed by atoms with Crippen molar-refractivity contribution in [2.45, 2.75) is 26.4 Å². The fourth-order valence-electron chi connectivity index (χ4n) is 1.26. The monoisotopic (exact) mass is 220 g/mol. The number of hydrogen-bond acceptors (Lipinski definition) is 1. The lowest BCUT2D eigenvalue weighted by Gasteiger charge is -2.14. The van der Waals surface area contributed by atoms with E-state index in [1.807, 2.05) is 0 Å². The van der Waals surface area contributed by atoms with Gasteiger partial charge in [-0.25, -0.2) is 8.78 Å². The molecule has 0 bridgehead atoms. The van der Waals surface area contributed by atoms with Gasteiger partial charge in [0.15, 0.2) is 0 Å². The molecule has 1 atom stereocenters. The fraction of sp³-hybridized carbons (Fsp3) is 0.400. The molecule has 0 saturated carbocycles. The van der Waals surface area contributed by atoms with Gasteiger partial charge >= 0.3 is 0 Å². The summed E-state index contributed by atoms with van der Waals surface area (Å²) in [5.74, 6) is 0. The second kappa shape index (κ2) is 4.24. The molecular formula is C10H11ClF2O. The van der Waals surface area contributed by atoms with Gasteiger partial charge in [-0.2, -0.15) is 0 Å². The quantitative estimate of drug-likeness (QED) is 0.811. The molecule has 1 rings (SSSR count). The van der Waals surface area contributed by atoms with Crippen molar-refractivity contribution < 1.29 is 13.9 Å². The average molecular weight is 221 g/mol. The van der Waals surface area contributed by atoms with E-state index in [-0.39, 0.29) is 5.56 Å². The van der Waals surface area contributed by atoms with Crippen molar-refractivity contribution >= 4 is 11.6 Å². The molecule has 1 unspecified atom stereocenters. The van der Waals surface area contributed by atoms with E-state index in [2.05, 4.69) is 0 Å². The first-order valence-corrected chi connectivity index (χ1v) is 4.54. The summed E-state index contributed by atoms with van der Waals surface area (Å²) in [6.45, 7) is 3.36. The van der Waals surface area contributed by atoms with E-state index in [1.165, 1.54) is 6.07 Å². The molecule has 0 aliphatic rings. The van der Waals surface area contributed by atoms with Gasteiger partial charge in [-0.1, -0.05) is 17.7 Å². The Hall–Kier alpha value is -0.670. The highest BCUT2D eigenvalue weighted by Gasteiger charge is 2.21. The number of benzene rings is 1. The van der Waals surface area contributed by atoms with E-state index in [0.717, 1.165) is 0 Å². The number of halogens is 3. The van der Waals surface area contributed by atoms with Crippen molar-refractivity contribution in [1.82, 2.24) is 0 Å². The van der Waals surface area contributed by atoms with Crippen LogP contribution in [0.5, 0.6) is 0 Å². The Morgan fingerprint density at radius 1 is 1.21 bits per heavy atom. The third-order valence-corrected chi connectivity index (χ3v) is 2.51. The smallest absolute Gasteiger partial charge is 0.268 e. The molecule has 0 radical (unpaired) electrons. The highest BCUT2D eigenvalue weighted by atomic mass is 35.5. The van der Waals surface area contributed by atoms with Crippen molar-refractivity contribution in [2.75, 3.05) is 0 Å². The maximum atomic E-state index is 12.2. The molecule has 0 amide bonds. The number of alkyl halides is 2. The normalized spacial score (nSPS) is 13.4. The molecule has 0 aliphatic carbocycles. The second-order valence-corrected chi connectivity index (χ2v) is 3.64. The Morgan fingerprint density at radius 3 is 2.29 bits per heavy atom. The van der Waals surface area contributed by atoms with E-state index in [4.69, 9.17) is 11.6 Å². The van der Waals surface area contributed by atoms with Gasteiger partial charge in [0.05, 0.1) is 0 Å². The first kappa shape index (κ1) is 11.4. The number of aryl methyl sites for hydroxylation is 2. The highest BCUT2D eigenvalue weighted by Crippen LogP contribution is 2.28. The van der Waals surface area contributed by atoms with Gasteiger partial charge in [-0.3, -0.25) is 0 Å². The molecule has 1 nitrogen and oxygen atoms in total. The largest absolute Gasteiger partial charge is 0.382 e. The summed E-state index contributed by atoms with van der Waals surface area (Å²) < 4.78 is 24.5. The van der Waals surface area contributed by atoms with Crippen molar-refractivity contribution in [1.29, 1.82) is 0 Å². The predicted molar refractivity (Wildman–Crippen MR) is 51.9 cm³/mol. The highest BCUT2D eigenvalue weighted by molar-refractivity contribution is 6.31. The Kier molecular flexibility index (Phi) is 3.45. The van der Waals surface area contributed by atoms with Crippen LogP contribution in [0, 0.1) is 13.8 Å². The molecule has 1 N–H and O–H groups in total. The minimum atomic E-state index is -2.77. The van der Waals surface area contributed by atoms with E-state index >= 15 is 0 Å². The van der Waals surface area contributed by atoms with Crippen LogP contribution in [0.3, 0.4) is 0 Å². The van der Waals surface area contributed by atoms with Crippen molar-refractivity contribution in [3.8, 4) is 0 Å². The maximum absolute atomic E-state index is 12.2. The van der Waals surface area contributed by atoms with E-state index < -0.39 is 12.5 Å². The van der Waals surface area contributed by atoms with E-state index in [1.54, 1.807) is 19.9 Å². The molecule has 14 heavy (non-hydrogen) atoms. The van der Waals surface area contributed by atoms with Crippen molar-refractivity contribution in [3.63, 3.8) is 0 Å². The van der Waals surface area contributed by atoms with Gasteiger partial charge < -0.3 is 5.11 Å². The zero-order valence-electron chi connectivity index (χ0n) is 7.89. The summed E-state index contributed by atoms with van der Waals surface area (Å²) in [5, 5.41) is 9.72. The van der Waals surface area contributed by atoms with Gasteiger partial charge in [0.25, 0.3) is 6.43 Å². The predicted octanol–water partition coefficient (Wildman–Crippen LogP) is 3.26. The summed E-state index contributed by atoms with van der Waals surface area (Å²) in [6, 6.07) is 3.08. The zero-order valence-corrected chi connectivity index (χ0v) is 8.65. The summed E-state index contributed by atoms with van der Waals surface area (Å²) in [6.07, 6.45) is -4.50. The second-order valence-electron chi connectivity index (χ2n) is 3.24. The lowest BCUT2D eigenvalue weighted by Crippen LogP contribution is -2.09. The van der Waals surface area contributed by atoms with E-state index in [0.29, 0.717) is 16.1 Å². The Balaban J connectivity index is 3.15. The molecular weight excluding hydrogens is 210 g/mol. The summed E-state index contributed by atoms with van der Waals surface area (Å²) in [4.78, 5) is 0. The third-order valence-electron chi connectivity index (χ3n) is 2.10. The van der Waals surface area contributed by atoms with Crippen LogP contribution in [0.1, 0.15) is 22.8 Å². The first-order valence-electron chi connectivity index (χ1n) is 4.16. The molecule has 0 spiro atoms.